The highest BCUT2D eigenvalue weighted by molar-refractivity contribution is 5.41. The molecule has 1 aromatic rings. The number of rotatable bonds is 2. The maximum Gasteiger partial charge on any atom is 0.162 e. The highest BCUT2D eigenvalue weighted by atomic mass is 16.6. The Morgan fingerprint density at radius 1 is 1.33 bits per heavy atom. The molecular formula is C12H17NO2. The molecule has 1 heterocycles. The van der Waals surface area contributed by atoms with Crippen LogP contribution in [0.5, 0.6) is 11.5 Å². The van der Waals surface area contributed by atoms with Gasteiger partial charge in [0.05, 0.1) is 0 Å². The lowest BCUT2D eigenvalue weighted by Gasteiger charge is -2.40. The summed E-state index contributed by atoms with van der Waals surface area (Å²) >= 11 is 0. The van der Waals surface area contributed by atoms with Crippen molar-refractivity contribution in [1.82, 2.24) is 0 Å². The fourth-order valence-electron chi connectivity index (χ4n) is 1.72. The number of fused-ring (bicyclic) bond motifs is 1. The van der Waals surface area contributed by atoms with Gasteiger partial charge in [-0.2, -0.15) is 0 Å². The number of benzene rings is 1. The average Bonchev–Trinajstić information content (AvgIpc) is 2.28. The van der Waals surface area contributed by atoms with Crippen LogP contribution in [0, 0.1) is 5.92 Å². The fraction of sp³-hybridized carbons (Fsp3) is 0.500. The Bertz CT molecular complexity index is 351. The van der Waals surface area contributed by atoms with Gasteiger partial charge in [0.15, 0.2) is 17.1 Å². The number of ether oxygens (including phenoxy) is 2. The molecule has 15 heavy (non-hydrogen) atoms. The molecule has 0 bridgehead atoms. The van der Waals surface area contributed by atoms with Gasteiger partial charge in [0.2, 0.25) is 0 Å². The van der Waals surface area contributed by atoms with Crippen molar-refractivity contribution < 1.29 is 9.47 Å². The molecule has 0 saturated carbocycles. The summed E-state index contributed by atoms with van der Waals surface area (Å²) in [5.41, 5.74) is 5.41. The number of nitrogens with two attached hydrogens (primary N) is 1. The third-order valence-corrected chi connectivity index (χ3v) is 3.03. The number of para-hydroxylation sites is 2. The van der Waals surface area contributed by atoms with Crippen molar-refractivity contribution in [2.45, 2.75) is 19.4 Å². The summed E-state index contributed by atoms with van der Waals surface area (Å²) in [5, 5.41) is 0. The molecule has 82 valence electrons. The van der Waals surface area contributed by atoms with Gasteiger partial charge in [-0.3, -0.25) is 0 Å². The second-order valence-electron chi connectivity index (χ2n) is 4.26. The molecule has 2 N–H and O–H groups in total. The van der Waals surface area contributed by atoms with Gasteiger partial charge in [-0.1, -0.05) is 26.0 Å². The van der Waals surface area contributed by atoms with E-state index >= 15 is 0 Å². The molecule has 3 nitrogen and oxygen atoms in total. The molecule has 0 aliphatic carbocycles. The first-order chi connectivity index (χ1) is 7.18. The first kappa shape index (κ1) is 10.3. The Hall–Kier alpha value is -1.22. The van der Waals surface area contributed by atoms with Crippen molar-refractivity contribution in [3.05, 3.63) is 24.3 Å². The SMILES string of the molecule is CC(C)C1(CN)COc2ccccc2O1. The molecule has 0 fully saturated rings. The Balaban J connectivity index is 2.31. The lowest BCUT2D eigenvalue weighted by Crippen LogP contribution is -2.54. The zero-order valence-electron chi connectivity index (χ0n) is 9.19. The second kappa shape index (κ2) is 3.74. The van der Waals surface area contributed by atoms with Crippen LogP contribution in [0.2, 0.25) is 0 Å². The van der Waals surface area contributed by atoms with E-state index in [1.54, 1.807) is 0 Å². The van der Waals surface area contributed by atoms with Crippen molar-refractivity contribution in [3.8, 4) is 11.5 Å². The number of hydrogen-bond donors (Lipinski definition) is 1. The Morgan fingerprint density at radius 2 is 2.00 bits per heavy atom. The summed E-state index contributed by atoms with van der Waals surface area (Å²) in [6.45, 7) is 5.20. The fourth-order valence-corrected chi connectivity index (χ4v) is 1.72. The minimum atomic E-state index is -0.381. The molecular weight excluding hydrogens is 190 g/mol. The third kappa shape index (κ3) is 1.67. The monoisotopic (exact) mass is 207 g/mol. The van der Waals surface area contributed by atoms with Crippen molar-refractivity contribution in [2.24, 2.45) is 11.7 Å². The van der Waals surface area contributed by atoms with Crippen molar-refractivity contribution >= 4 is 0 Å². The smallest absolute Gasteiger partial charge is 0.162 e. The summed E-state index contributed by atoms with van der Waals surface area (Å²) in [5.74, 6) is 1.93. The van der Waals surface area contributed by atoms with Gasteiger partial charge in [0.25, 0.3) is 0 Å². The minimum absolute atomic E-state index is 0.329. The molecule has 2 rings (SSSR count). The van der Waals surface area contributed by atoms with E-state index in [1.807, 2.05) is 24.3 Å². The maximum absolute atomic E-state index is 5.98. The lowest BCUT2D eigenvalue weighted by atomic mass is 9.90. The Morgan fingerprint density at radius 3 is 2.60 bits per heavy atom. The third-order valence-electron chi connectivity index (χ3n) is 3.03. The highest BCUT2D eigenvalue weighted by Gasteiger charge is 2.39. The van der Waals surface area contributed by atoms with Crippen LogP contribution in [0.15, 0.2) is 24.3 Å². The normalized spacial score (nSPS) is 24.3. The summed E-state index contributed by atoms with van der Waals surface area (Å²) in [6, 6.07) is 7.71. The van der Waals surface area contributed by atoms with E-state index in [0.29, 0.717) is 19.1 Å². The molecule has 0 saturated heterocycles. The molecule has 0 aromatic heterocycles. The molecule has 1 atom stereocenters. The molecule has 1 aliphatic heterocycles. The first-order valence-electron chi connectivity index (χ1n) is 5.29. The minimum Gasteiger partial charge on any atom is -0.485 e. The first-order valence-corrected chi connectivity index (χ1v) is 5.29. The van der Waals surface area contributed by atoms with E-state index in [0.717, 1.165) is 11.5 Å². The Kier molecular flexibility index (Phi) is 2.57. The average molecular weight is 207 g/mol. The maximum atomic E-state index is 5.98. The molecule has 3 heteroatoms. The van der Waals surface area contributed by atoms with Gasteiger partial charge in [0.1, 0.15) is 6.61 Å². The summed E-state index contributed by atoms with van der Waals surface area (Å²) in [6.07, 6.45) is 0. The van der Waals surface area contributed by atoms with Crippen LogP contribution in [-0.2, 0) is 0 Å². The van der Waals surface area contributed by atoms with Gasteiger partial charge >= 0.3 is 0 Å². The van der Waals surface area contributed by atoms with Crippen molar-refractivity contribution in [1.29, 1.82) is 0 Å². The lowest BCUT2D eigenvalue weighted by molar-refractivity contribution is -0.0359. The van der Waals surface area contributed by atoms with E-state index in [1.165, 1.54) is 0 Å². The molecule has 1 aromatic carbocycles. The van der Waals surface area contributed by atoms with Gasteiger partial charge in [0, 0.05) is 6.54 Å². The standard InChI is InChI=1S/C12H17NO2/c1-9(2)12(7-13)8-14-10-5-3-4-6-11(10)15-12/h3-6,9H,7-8,13H2,1-2H3. The summed E-state index contributed by atoms with van der Waals surface area (Å²) < 4.78 is 11.7. The van der Waals surface area contributed by atoms with Gasteiger partial charge in [-0.05, 0) is 18.1 Å². The predicted molar refractivity (Wildman–Crippen MR) is 59.2 cm³/mol. The highest BCUT2D eigenvalue weighted by Crippen LogP contribution is 2.37. The quantitative estimate of drug-likeness (QED) is 0.804. The molecule has 0 radical (unpaired) electrons. The van der Waals surface area contributed by atoms with Crippen LogP contribution in [0.25, 0.3) is 0 Å². The van der Waals surface area contributed by atoms with Crippen LogP contribution in [0.1, 0.15) is 13.8 Å². The largest absolute Gasteiger partial charge is 0.485 e. The van der Waals surface area contributed by atoms with Crippen LogP contribution in [0.4, 0.5) is 0 Å². The summed E-state index contributed by atoms with van der Waals surface area (Å²) in [7, 11) is 0. The molecule has 1 unspecified atom stereocenters. The van der Waals surface area contributed by atoms with Crippen LogP contribution < -0.4 is 15.2 Å². The van der Waals surface area contributed by atoms with Gasteiger partial charge in [-0.25, -0.2) is 0 Å². The topological polar surface area (TPSA) is 44.5 Å². The molecule has 0 spiro atoms. The van der Waals surface area contributed by atoms with Crippen molar-refractivity contribution in [3.63, 3.8) is 0 Å². The predicted octanol–water partition coefficient (Wildman–Crippen LogP) is 1.81. The van der Waals surface area contributed by atoms with Gasteiger partial charge < -0.3 is 15.2 Å². The van der Waals surface area contributed by atoms with Crippen LogP contribution in [0.3, 0.4) is 0 Å². The van der Waals surface area contributed by atoms with E-state index < -0.39 is 0 Å². The van der Waals surface area contributed by atoms with E-state index in [2.05, 4.69) is 13.8 Å². The zero-order chi connectivity index (χ0) is 10.9. The Labute approximate surface area is 90.2 Å². The van der Waals surface area contributed by atoms with Crippen molar-refractivity contribution in [2.75, 3.05) is 13.2 Å². The zero-order valence-corrected chi connectivity index (χ0v) is 9.19. The van der Waals surface area contributed by atoms with Crippen LogP contribution in [-0.4, -0.2) is 18.8 Å². The van der Waals surface area contributed by atoms with E-state index in [9.17, 15) is 0 Å². The van der Waals surface area contributed by atoms with Crippen LogP contribution >= 0.6 is 0 Å². The number of hydrogen-bond acceptors (Lipinski definition) is 3. The second-order valence-corrected chi connectivity index (χ2v) is 4.26. The molecule has 1 aliphatic rings. The van der Waals surface area contributed by atoms with Gasteiger partial charge in [-0.15, -0.1) is 0 Å². The molecule has 0 amide bonds. The van der Waals surface area contributed by atoms with E-state index in [4.69, 9.17) is 15.2 Å². The van der Waals surface area contributed by atoms with E-state index in [-0.39, 0.29) is 5.60 Å². The summed E-state index contributed by atoms with van der Waals surface area (Å²) in [4.78, 5) is 0.